The molecule has 33 heavy (non-hydrogen) atoms. The zero-order valence-corrected chi connectivity index (χ0v) is 19.4. The Morgan fingerprint density at radius 3 is 2.91 bits per heavy atom. The minimum atomic E-state index is -0.584. The van der Waals surface area contributed by atoms with E-state index in [-0.39, 0.29) is 5.91 Å². The lowest BCUT2D eigenvalue weighted by atomic mass is 9.95. The van der Waals surface area contributed by atoms with Crippen molar-refractivity contribution in [3.05, 3.63) is 40.8 Å². The van der Waals surface area contributed by atoms with Crippen molar-refractivity contribution in [3.63, 3.8) is 0 Å². The molecule has 0 aliphatic heterocycles. The average Bonchev–Trinajstić information content (AvgIpc) is 3.15. The van der Waals surface area contributed by atoms with Gasteiger partial charge in [-0.1, -0.05) is 6.42 Å². The van der Waals surface area contributed by atoms with Crippen LogP contribution in [0.1, 0.15) is 40.9 Å². The number of fused-ring (bicyclic) bond motifs is 1. The van der Waals surface area contributed by atoms with E-state index >= 15 is 0 Å². The molecule has 1 amide bonds. The number of benzene rings is 1. The Morgan fingerprint density at radius 2 is 2.12 bits per heavy atom. The number of aliphatic hydroxyl groups is 1. The van der Waals surface area contributed by atoms with Crippen molar-refractivity contribution in [3.8, 4) is 5.75 Å². The van der Waals surface area contributed by atoms with Crippen LogP contribution in [0.5, 0.6) is 5.75 Å². The van der Waals surface area contributed by atoms with Gasteiger partial charge in [-0.05, 0) is 43.9 Å². The van der Waals surface area contributed by atoms with Crippen molar-refractivity contribution >= 4 is 39.0 Å². The van der Waals surface area contributed by atoms with E-state index in [1.807, 2.05) is 6.92 Å². The van der Waals surface area contributed by atoms with Crippen LogP contribution in [-0.4, -0.2) is 53.5 Å². The van der Waals surface area contributed by atoms with Gasteiger partial charge in [-0.3, -0.25) is 4.79 Å². The third-order valence-corrected chi connectivity index (χ3v) is 6.87. The molecule has 10 heteroatoms. The standard InChI is InChI=1S/C23H27FN4O4S/c1-13-19-21(26-12-27-23(19)33-20(13)22(30)25-9-10-31-2)28-15-8-7-14(24)11-18(15)32-17-6-4-3-5-16(17)29/h7-8,11-12,16-17,29H,3-6,9-10H2,1-2H3,(H,25,30)(H,26,27,28)/t16-,17?/m1/s1. The summed E-state index contributed by atoms with van der Waals surface area (Å²) in [7, 11) is 1.58. The van der Waals surface area contributed by atoms with Crippen LogP contribution in [-0.2, 0) is 4.74 Å². The van der Waals surface area contributed by atoms with Gasteiger partial charge in [-0.25, -0.2) is 14.4 Å². The molecule has 8 nitrogen and oxygen atoms in total. The van der Waals surface area contributed by atoms with Gasteiger partial charge in [0.05, 0.1) is 28.7 Å². The SMILES string of the molecule is COCCNC(=O)c1sc2ncnc(Nc3ccc(F)cc3OC3CCCC[C@H]3O)c2c1C. The number of carbonyl (C=O) groups excluding carboxylic acids is 1. The van der Waals surface area contributed by atoms with Crippen molar-refractivity contribution < 1.29 is 23.8 Å². The molecule has 1 aliphatic rings. The molecule has 1 aliphatic carbocycles. The molecule has 1 unspecified atom stereocenters. The lowest BCUT2D eigenvalue weighted by molar-refractivity contribution is 0.00712. The number of nitrogens with one attached hydrogen (secondary N) is 2. The molecule has 0 spiro atoms. The second-order valence-corrected chi connectivity index (χ2v) is 8.98. The predicted molar refractivity (Wildman–Crippen MR) is 125 cm³/mol. The first-order valence-corrected chi connectivity index (χ1v) is 11.7. The van der Waals surface area contributed by atoms with Crippen molar-refractivity contribution in [1.82, 2.24) is 15.3 Å². The summed E-state index contributed by atoms with van der Waals surface area (Å²) in [4.78, 5) is 22.5. The van der Waals surface area contributed by atoms with E-state index < -0.39 is 18.0 Å². The zero-order chi connectivity index (χ0) is 23.4. The topological polar surface area (TPSA) is 106 Å². The first-order chi connectivity index (χ1) is 16.0. The molecule has 2 aromatic heterocycles. The number of rotatable bonds is 8. The lowest BCUT2D eigenvalue weighted by Crippen LogP contribution is -2.34. The number of hydrogen-bond acceptors (Lipinski definition) is 8. The number of ether oxygens (including phenoxy) is 2. The number of amides is 1. The van der Waals surface area contributed by atoms with Crippen LogP contribution in [0.2, 0.25) is 0 Å². The highest BCUT2D eigenvalue weighted by Gasteiger charge is 2.26. The Bertz CT molecular complexity index is 1140. The van der Waals surface area contributed by atoms with Gasteiger partial charge in [-0.2, -0.15) is 0 Å². The first-order valence-electron chi connectivity index (χ1n) is 10.9. The highest BCUT2D eigenvalue weighted by molar-refractivity contribution is 7.20. The van der Waals surface area contributed by atoms with Gasteiger partial charge in [0.1, 0.15) is 34.6 Å². The van der Waals surface area contributed by atoms with Gasteiger partial charge in [0, 0.05) is 19.7 Å². The van der Waals surface area contributed by atoms with E-state index in [4.69, 9.17) is 9.47 Å². The van der Waals surface area contributed by atoms with E-state index in [0.717, 1.165) is 18.4 Å². The lowest BCUT2D eigenvalue weighted by Gasteiger charge is -2.29. The zero-order valence-electron chi connectivity index (χ0n) is 18.6. The van der Waals surface area contributed by atoms with Crippen molar-refractivity contribution in [2.45, 2.75) is 44.8 Å². The quantitative estimate of drug-likeness (QED) is 0.425. The second-order valence-electron chi connectivity index (χ2n) is 7.98. The van der Waals surface area contributed by atoms with E-state index in [2.05, 4.69) is 20.6 Å². The maximum atomic E-state index is 14.0. The Labute approximate surface area is 195 Å². The number of aromatic nitrogens is 2. The summed E-state index contributed by atoms with van der Waals surface area (Å²) in [6.45, 7) is 2.67. The summed E-state index contributed by atoms with van der Waals surface area (Å²) < 4.78 is 25.0. The number of nitrogens with zero attached hydrogens (tertiary/aromatic N) is 2. The van der Waals surface area contributed by atoms with Crippen LogP contribution in [0.25, 0.3) is 10.2 Å². The minimum absolute atomic E-state index is 0.199. The molecule has 0 bridgehead atoms. The largest absolute Gasteiger partial charge is 0.485 e. The van der Waals surface area contributed by atoms with Crippen LogP contribution < -0.4 is 15.4 Å². The molecule has 4 rings (SSSR count). The van der Waals surface area contributed by atoms with Gasteiger partial charge < -0.3 is 25.2 Å². The van der Waals surface area contributed by atoms with Crippen molar-refractivity contribution in [1.29, 1.82) is 0 Å². The van der Waals surface area contributed by atoms with Gasteiger partial charge in [-0.15, -0.1) is 11.3 Å². The molecule has 1 aromatic carbocycles. The van der Waals surface area contributed by atoms with E-state index in [1.54, 1.807) is 13.2 Å². The molecule has 0 radical (unpaired) electrons. The average molecular weight is 475 g/mol. The fourth-order valence-corrected chi connectivity index (χ4v) is 5.00. The number of halogens is 1. The van der Waals surface area contributed by atoms with E-state index in [9.17, 15) is 14.3 Å². The number of aliphatic hydroxyl groups excluding tert-OH is 1. The highest BCUT2D eigenvalue weighted by atomic mass is 32.1. The molecule has 1 saturated carbocycles. The van der Waals surface area contributed by atoms with Gasteiger partial charge >= 0.3 is 0 Å². The van der Waals surface area contributed by atoms with Crippen LogP contribution >= 0.6 is 11.3 Å². The predicted octanol–water partition coefficient (Wildman–Crippen LogP) is 3.94. The number of anilines is 2. The maximum absolute atomic E-state index is 14.0. The summed E-state index contributed by atoms with van der Waals surface area (Å²) in [6.07, 6.45) is 3.72. The first kappa shape index (κ1) is 23.3. The van der Waals surface area contributed by atoms with Crippen LogP contribution in [0.4, 0.5) is 15.9 Å². The van der Waals surface area contributed by atoms with Gasteiger partial charge in [0.25, 0.3) is 5.91 Å². The fourth-order valence-electron chi connectivity index (χ4n) is 3.93. The van der Waals surface area contributed by atoms with Gasteiger partial charge in [0.15, 0.2) is 0 Å². The van der Waals surface area contributed by atoms with Crippen LogP contribution in [0.3, 0.4) is 0 Å². The van der Waals surface area contributed by atoms with E-state index in [0.29, 0.717) is 58.3 Å². The molecule has 3 aromatic rings. The summed E-state index contributed by atoms with van der Waals surface area (Å²) in [6, 6.07) is 4.21. The number of methoxy groups -OCH3 is 1. The van der Waals surface area contributed by atoms with Crippen LogP contribution in [0.15, 0.2) is 24.5 Å². The minimum Gasteiger partial charge on any atom is -0.485 e. The Hall–Kier alpha value is -2.82. The molecule has 2 atom stereocenters. The normalized spacial score (nSPS) is 18.3. The van der Waals surface area contributed by atoms with Gasteiger partial charge in [0.2, 0.25) is 0 Å². The van der Waals surface area contributed by atoms with Crippen molar-refractivity contribution in [2.75, 3.05) is 25.6 Å². The molecule has 1 fully saturated rings. The second kappa shape index (κ2) is 10.4. The molecule has 0 saturated heterocycles. The summed E-state index contributed by atoms with van der Waals surface area (Å²) in [5.41, 5.74) is 1.27. The molecule has 2 heterocycles. The number of aryl methyl sites for hydroxylation is 1. The molecule has 3 N–H and O–H groups in total. The number of hydrogen-bond donors (Lipinski definition) is 3. The summed E-state index contributed by atoms with van der Waals surface area (Å²) in [5, 5.41) is 17.1. The Kier molecular flexibility index (Phi) is 7.36. The summed E-state index contributed by atoms with van der Waals surface area (Å²) >= 11 is 1.28. The van der Waals surface area contributed by atoms with Crippen LogP contribution in [0, 0.1) is 12.7 Å². The Balaban J connectivity index is 1.63. The summed E-state index contributed by atoms with van der Waals surface area (Å²) in [5.74, 6) is 0.162. The fraction of sp³-hybridized carbons (Fsp3) is 0.435. The maximum Gasteiger partial charge on any atom is 0.261 e. The van der Waals surface area contributed by atoms with E-state index in [1.165, 1.54) is 29.8 Å². The smallest absolute Gasteiger partial charge is 0.261 e. The third kappa shape index (κ3) is 5.23. The Morgan fingerprint density at radius 1 is 1.30 bits per heavy atom. The monoisotopic (exact) mass is 474 g/mol. The van der Waals surface area contributed by atoms with Crippen molar-refractivity contribution in [2.24, 2.45) is 0 Å². The highest BCUT2D eigenvalue weighted by Crippen LogP contribution is 2.37. The number of thiophene rings is 1. The third-order valence-electron chi connectivity index (χ3n) is 5.67. The number of carbonyl (C=O) groups is 1. The molecular weight excluding hydrogens is 447 g/mol. The molecule has 176 valence electrons. The molecular formula is C23H27FN4O4S.